The van der Waals surface area contributed by atoms with Gasteiger partial charge in [-0.1, -0.05) is 19.3 Å². The molecule has 104 valence electrons. The van der Waals surface area contributed by atoms with Gasteiger partial charge in [0.15, 0.2) is 0 Å². The summed E-state index contributed by atoms with van der Waals surface area (Å²) in [6.07, 6.45) is 7.37. The Morgan fingerprint density at radius 1 is 1.26 bits per heavy atom. The highest BCUT2D eigenvalue weighted by Gasteiger charge is 2.20. The normalized spacial score (nSPS) is 16.4. The highest BCUT2D eigenvalue weighted by molar-refractivity contribution is 5.92. The molecule has 0 spiro atoms. The maximum atomic E-state index is 12.1. The molecule has 1 aromatic rings. The molecule has 1 aliphatic rings. The number of pyridine rings is 1. The van der Waals surface area contributed by atoms with E-state index in [-0.39, 0.29) is 11.8 Å². The van der Waals surface area contributed by atoms with Crippen molar-refractivity contribution in [1.29, 1.82) is 0 Å². The van der Waals surface area contributed by atoms with Gasteiger partial charge in [-0.3, -0.25) is 4.79 Å². The number of nitrogens with one attached hydrogen (secondary N) is 2. The van der Waals surface area contributed by atoms with Crippen LogP contribution in [0.2, 0.25) is 0 Å². The monoisotopic (exact) mass is 261 g/mol. The Bertz CT molecular complexity index is 408. The lowest BCUT2D eigenvalue weighted by Gasteiger charge is -2.20. The fraction of sp³-hybridized carbons (Fsp3) is 0.600. The summed E-state index contributed by atoms with van der Waals surface area (Å²) < 4.78 is 0. The third-order valence-corrected chi connectivity index (χ3v) is 3.44. The zero-order chi connectivity index (χ0) is 13.7. The van der Waals surface area contributed by atoms with Crippen LogP contribution in [0.4, 0.5) is 11.5 Å². The number of rotatable bonds is 4. The predicted molar refractivity (Wildman–Crippen MR) is 78.2 cm³/mol. The van der Waals surface area contributed by atoms with Gasteiger partial charge in [-0.25, -0.2) is 4.98 Å². The number of aromatic nitrogens is 1. The second-order valence-corrected chi connectivity index (χ2v) is 5.56. The Hall–Kier alpha value is -1.58. The lowest BCUT2D eigenvalue weighted by atomic mass is 9.88. The molecular formula is C15H23N3O. The van der Waals surface area contributed by atoms with Crippen LogP contribution in [0.25, 0.3) is 0 Å². The fourth-order valence-corrected chi connectivity index (χ4v) is 2.46. The van der Waals surface area contributed by atoms with Crippen LogP contribution in [0.15, 0.2) is 18.3 Å². The predicted octanol–water partition coefficient (Wildman–Crippen LogP) is 3.42. The molecule has 1 aromatic heterocycles. The minimum absolute atomic E-state index is 0.145. The van der Waals surface area contributed by atoms with Gasteiger partial charge in [0, 0.05) is 12.0 Å². The van der Waals surface area contributed by atoms with E-state index in [0.717, 1.165) is 24.3 Å². The molecule has 2 N–H and O–H groups in total. The molecule has 0 radical (unpaired) electrons. The van der Waals surface area contributed by atoms with Crippen LogP contribution in [-0.4, -0.2) is 16.9 Å². The number of amides is 1. The third kappa shape index (κ3) is 4.23. The van der Waals surface area contributed by atoms with Gasteiger partial charge in [-0.2, -0.15) is 0 Å². The molecule has 4 heteroatoms. The molecule has 4 nitrogen and oxygen atoms in total. The van der Waals surface area contributed by atoms with Gasteiger partial charge in [0.2, 0.25) is 5.91 Å². The molecule has 2 rings (SSSR count). The Labute approximate surface area is 115 Å². The number of hydrogen-bond acceptors (Lipinski definition) is 3. The summed E-state index contributed by atoms with van der Waals surface area (Å²) in [5.74, 6) is 1.17. The molecule has 0 bridgehead atoms. The van der Waals surface area contributed by atoms with Crippen LogP contribution in [0.3, 0.4) is 0 Å². The zero-order valence-corrected chi connectivity index (χ0v) is 11.8. The lowest BCUT2D eigenvalue weighted by molar-refractivity contribution is -0.120. The van der Waals surface area contributed by atoms with Crippen LogP contribution in [-0.2, 0) is 4.79 Å². The standard InChI is InChI=1S/C15H23N3O/c1-11(2)17-14-9-8-13(10-16-14)18-15(19)12-6-4-3-5-7-12/h8-12H,3-7H2,1-2H3,(H,16,17)(H,18,19). The molecule has 0 aromatic carbocycles. The first-order chi connectivity index (χ1) is 9.15. The van der Waals surface area contributed by atoms with Crippen molar-refractivity contribution >= 4 is 17.4 Å². The van der Waals surface area contributed by atoms with E-state index >= 15 is 0 Å². The van der Waals surface area contributed by atoms with E-state index in [1.165, 1.54) is 19.3 Å². The molecule has 0 saturated heterocycles. The van der Waals surface area contributed by atoms with Crippen LogP contribution in [0.5, 0.6) is 0 Å². The van der Waals surface area contributed by atoms with Crippen LogP contribution in [0, 0.1) is 5.92 Å². The zero-order valence-electron chi connectivity index (χ0n) is 11.8. The van der Waals surface area contributed by atoms with Crippen molar-refractivity contribution in [3.05, 3.63) is 18.3 Å². The van der Waals surface area contributed by atoms with Crippen molar-refractivity contribution in [2.75, 3.05) is 10.6 Å². The molecule has 19 heavy (non-hydrogen) atoms. The van der Waals surface area contributed by atoms with Gasteiger partial charge in [-0.05, 0) is 38.8 Å². The summed E-state index contributed by atoms with van der Waals surface area (Å²) >= 11 is 0. The number of carbonyl (C=O) groups is 1. The van der Waals surface area contributed by atoms with E-state index < -0.39 is 0 Å². The molecule has 1 heterocycles. The minimum atomic E-state index is 0.145. The summed E-state index contributed by atoms with van der Waals surface area (Å²) in [6, 6.07) is 4.16. The van der Waals surface area contributed by atoms with E-state index in [9.17, 15) is 4.79 Å². The van der Waals surface area contributed by atoms with E-state index in [0.29, 0.717) is 6.04 Å². The fourth-order valence-electron chi connectivity index (χ4n) is 2.46. The third-order valence-electron chi connectivity index (χ3n) is 3.44. The number of hydrogen-bond donors (Lipinski definition) is 2. The molecule has 1 fully saturated rings. The van der Waals surface area contributed by atoms with Crippen molar-refractivity contribution in [2.45, 2.75) is 52.0 Å². The summed E-state index contributed by atoms with van der Waals surface area (Å²) in [4.78, 5) is 16.4. The van der Waals surface area contributed by atoms with Crippen LogP contribution in [0.1, 0.15) is 46.0 Å². The molecule has 1 aliphatic carbocycles. The SMILES string of the molecule is CC(C)Nc1ccc(NC(=O)C2CCCCC2)cn1. The van der Waals surface area contributed by atoms with E-state index in [2.05, 4.69) is 29.5 Å². The molecule has 0 aliphatic heterocycles. The molecule has 1 saturated carbocycles. The average molecular weight is 261 g/mol. The van der Waals surface area contributed by atoms with E-state index in [4.69, 9.17) is 0 Å². The molecular weight excluding hydrogens is 238 g/mol. The van der Waals surface area contributed by atoms with E-state index in [1.54, 1.807) is 6.20 Å². The Morgan fingerprint density at radius 3 is 2.58 bits per heavy atom. The number of nitrogens with zero attached hydrogens (tertiary/aromatic N) is 1. The maximum absolute atomic E-state index is 12.1. The van der Waals surface area contributed by atoms with Crippen molar-refractivity contribution < 1.29 is 4.79 Å². The summed E-state index contributed by atoms with van der Waals surface area (Å²) in [7, 11) is 0. The van der Waals surface area contributed by atoms with Gasteiger partial charge >= 0.3 is 0 Å². The lowest BCUT2D eigenvalue weighted by Crippen LogP contribution is -2.24. The second kappa shape index (κ2) is 6.55. The molecule has 1 amide bonds. The van der Waals surface area contributed by atoms with Gasteiger partial charge in [-0.15, -0.1) is 0 Å². The first kappa shape index (κ1) is 13.8. The smallest absolute Gasteiger partial charge is 0.227 e. The Balaban J connectivity index is 1.89. The Morgan fingerprint density at radius 2 is 2.00 bits per heavy atom. The topological polar surface area (TPSA) is 54.0 Å². The molecule has 0 unspecified atom stereocenters. The first-order valence-corrected chi connectivity index (χ1v) is 7.18. The minimum Gasteiger partial charge on any atom is -0.368 e. The number of carbonyl (C=O) groups excluding carboxylic acids is 1. The van der Waals surface area contributed by atoms with Crippen molar-refractivity contribution in [3.63, 3.8) is 0 Å². The first-order valence-electron chi connectivity index (χ1n) is 7.18. The highest BCUT2D eigenvalue weighted by atomic mass is 16.1. The summed E-state index contributed by atoms with van der Waals surface area (Å²) in [5, 5.41) is 6.19. The van der Waals surface area contributed by atoms with Crippen molar-refractivity contribution in [3.8, 4) is 0 Å². The Kier molecular flexibility index (Phi) is 4.77. The van der Waals surface area contributed by atoms with Gasteiger partial charge < -0.3 is 10.6 Å². The van der Waals surface area contributed by atoms with Crippen molar-refractivity contribution in [1.82, 2.24) is 4.98 Å². The highest BCUT2D eigenvalue weighted by Crippen LogP contribution is 2.25. The summed E-state index contributed by atoms with van der Waals surface area (Å²) in [5.41, 5.74) is 0.782. The maximum Gasteiger partial charge on any atom is 0.227 e. The second-order valence-electron chi connectivity index (χ2n) is 5.56. The number of anilines is 2. The summed E-state index contributed by atoms with van der Waals surface area (Å²) in [6.45, 7) is 4.14. The molecule has 0 atom stereocenters. The average Bonchev–Trinajstić information content (AvgIpc) is 2.41. The van der Waals surface area contributed by atoms with Gasteiger partial charge in [0.25, 0.3) is 0 Å². The van der Waals surface area contributed by atoms with Gasteiger partial charge in [0.05, 0.1) is 11.9 Å². The quantitative estimate of drug-likeness (QED) is 0.873. The van der Waals surface area contributed by atoms with Crippen molar-refractivity contribution in [2.24, 2.45) is 5.92 Å². The van der Waals surface area contributed by atoms with Crippen LogP contribution >= 0.6 is 0 Å². The van der Waals surface area contributed by atoms with E-state index in [1.807, 2.05) is 12.1 Å². The van der Waals surface area contributed by atoms with Gasteiger partial charge in [0.1, 0.15) is 5.82 Å². The largest absolute Gasteiger partial charge is 0.368 e. The van der Waals surface area contributed by atoms with Crippen LogP contribution < -0.4 is 10.6 Å².